The van der Waals surface area contributed by atoms with E-state index < -0.39 is 41.1 Å². The van der Waals surface area contributed by atoms with Gasteiger partial charge in [0.15, 0.2) is 0 Å². The van der Waals surface area contributed by atoms with Crippen molar-refractivity contribution >= 4 is 34.6 Å². The summed E-state index contributed by atoms with van der Waals surface area (Å²) < 4.78 is 13.9. The molecule has 3 aliphatic rings. The van der Waals surface area contributed by atoms with Crippen LogP contribution in [0.3, 0.4) is 0 Å². The fourth-order valence-corrected chi connectivity index (χ4v) is 9.08. The molecule has 2 aliphatic heterocycles. The smallest absolute Gasteiger partial charge is 0.408 e. The van der Waals surface area contributed by atoms with E-state index in [-0.39, 0.29) is 19.1 Å². The van der Waals surface area contributed by atoms with Gasteiger partial charge in [0.25, 0.3) is 5.91 Å². The number of nitrogens with zero attached hydrogens (tertiary/aromatic N) is 5. The maximum atomic E-state index is 14.0. The fraction of sp³-hybridized carbons (Fsp3) is 0.551. The molecule has 14 nitrogen and oxygen atoms in total. The topological polar surface area (TPSA) is 162 Å². The van der Waals surface area contributed by atoms with Gasteiger partial charge in [0.05, 0.1) is 29.4 Å². The molecule has 0 spiro atoms. The summed E-state index contributed by atoms with van der Waals surface area (Å²) in [4.78, 5) is 49.2. The molecule has 2 amide bonds. The van der Waals surface area contributed by atoms with Crippen LogP contribution < -0.4 is 15.6 Å². The Hall–Kier alpha value is -5.02. The lowest BCUT2D eigenvalue weighted by molar-refractivity contribution is -0.147. The molecule has 3 atom stereocenters. The van der Waals surface area contributed by atoms with Crippen LogP contribution in [0.1, 0.15) is 97.1 Å². The minimum atomic E-state index is -1.04. The van der Waals surface area contributed by atoms with Gasteiger partial charge in [-0.05, 0) is 113 Å². The number of aliphatic hydroxyl groups is 1. The van der Waals surface area contributed by atoms with Crippen LogP contribution in [0.5, 0.6) is 0 Å². The van der Waals surface area contributed by atoms with Gasteiger partial charge in [-0.2, -0.15) is 0 Å². The van der Waals surface area contributed by atoms with E-state index in [9.17, 15) is 24.6 Å². The molecule has 340 valence electrons. The van der Waals surface area contributed by atoms with Crippen molar-refractivity contribution in [1.29, 1.82) is 0 Å². The summed E-state index contributed by atoms with van der Waals surface area (Å²) in [5.74, 6) is -1.48. The van der Waals surface area contributed by atoms with E-state index >= 15 is 0 Å². The second kappa shape index (κ2) is 19.0. The highest BCUT2D eigenvalue weighted by atomic mass is 16.6. The molecule has 4 aromatic rings. The standard InChI is InChI=1S/C49H67N7O7/c1-9-55-42-18-15-34(33-13-10-12-32(24-33)25-41(51-47(61)63-48(3,4)5)45(58)56-19-11-14-40(52-56)46(59)60)26-37(42)39(28-49(6,7)30-57)44(55)38-27-36(29-50-43(38)31(2)62-8)54-22-20-53(21-23-54)35-16-17-35/h10,12-13,15,18,24,26-27,29,31,35,40-41,52,57H,9,11,14,16-17,19-23,25,28,30H2,1-8H3,(H,51,61)(H,59,60)/t31?,40-,41?/m0/s1. The summed E-state index contributed by atoms with van der Waals surface area (Å²) in [5, 5.41) is 25.5. The van der Waals surface area contributed by atoms with Crippen molar-refractivity contribution in [2.24, 2.45) is 5.41 Å². The highest BCUT2D eigenvalue weighted by Gasteiger charge is 2.35. The van der Waals surface area contributed by atoms with Gasteiger partial charge in [-0.25, -0.2) is 10.2 Å². The molecule has 2 saturated heterocycles. The Labute approximate surface area is 371 Å². The van der Waals surface area contributed by atoms with Gasteiger partial charge in [-0.1, -0.05) is 44.2 Å². The zero-order chi connectivity index (χ0) is 45.2. The molecular formula is C49H67N7O7. The number of aliphatic carboxylic acids is 1. The normalized spacial score (nSPS) is 18.7. The number of carboxylic acid groups (broad SMARTS) is 1. The number of fused-ring (bicyclic) bond motifs is 1. The number of rotatable bonds is 15. The van der Waals surface area contributed by atoms with Crippen LogP contribution in [-0.2, 0) is 38.4 Å². The summed E-state index contributed by atoms with van der Waals surface area (Å²) in [6.45, 7) is 18.7. The van der Waals surface area contributed by atoms with Crippen LogP contribution in [0.2, 0.25) is 0 Å². The van der Waals surface area contributed by atoms with E-state index in [4.69, 9.17) is 14.5 Å². The number of alkyl carbamates (subject to hydrolysis) is 1. The molecule has 4 heterocycles. The van der Waals surface area contributed by atoms with Gasteiger partial charge < -0.3 is 34.5 Å². The largest absolute Gasteiger partial charge is 0.480 e. The number of methoxy groups -OCH3 is 1. The van der Waals surface area contributed by atoms with Gasteiger partial charge in [0, 0.05) is 81.9 Å². The second-order valence-electron chi connectivity index (χ2n) is 19.3. The number of nitrogens with one attached hydrogen (secondary N) is 2. The van der Waals surface area contributed by atoms with E-state index in [1.54, 1.807) is 27.9 Å². The molecule has 4 N–H and O–H groups in total. The number of carbonyl (C=O) groups excluding carboxylic acids is 2. The van der Waals surface area contributed by atoms with Gasteiger partial charge in [-0.3, -0.25) is 24.5 Å². The highest BCUT2D eigenvalue weighted by molar-refractivity contribution is 5.96. The highest BCUT2D eigenvalue weighted by Crippen LogP contribution is 2.43. The van der Waals surface area contributed by atoms with Gasteiger partial charge in [0.2, 0.25) is 0 Å². The van der Waals surface area contributed by atoms with Crippen molar-refractivity contribution in [1.82, 2.24) is 30.2 Å². The number of carbonyl (C=O) groups is 3. The number of aromatic nitrogens is 2. The first-order chi connectivity index (χ1) is 30.0. The Morgan fingerprint density at radius 3 is 2.35 bits per heavy atom. The zero-order valence-corrected chi connectivity index (χ0v) is 38.4. The Kier molecular flexibility index (Phi) is 13.9. The number of pyridine rings is 1. The van der Waals surface area contributed by atoms with Crippen molar-refractivity contribution in [3.05, 3.63) is 71.5 Å². The Bertz CT molecular complexity index is 2290. The predicted molar refractivity (Wildman–Crippen MR) is 245 cm³/mol. The van der Waals surface area contributed by atoms with Crippen LogP contribution in [0, 0.1) is 5.41 Å². The number of anilines is 1. The number of hydrogen-bond acceptors (Lipinski definition) is 10. The number of benzene rings is 2. The first-order valence-electron chi connectivity index (χ1n) is 22.7. The van der Waals surface area contributed by atoms with E-state index in [2.05, 4.69) is 70.1 Å². The van der Waals surface area contributed by atoms with Crippen LogP contribution in [0.15, 0.2) is 54.7 Å². The average molecular weight is 866 g/mol. The molecule has 0 radical (unpaired) electrons. The van der Waals surface area contributed by atoms with Gasteiger partial charge in [0.1, 0.15) is 17.7 Å². The van der Waals surface area contributed by atoms with E-state index in [1.807, 2.05) is 37.4 Å². The Morgan fingerprint density at radius 1 is 0.968 bits per heavy atom. The van der Waals surface area contributed by atoms with Crippen LogP contribution in [0.4, 0.5) is 10.5 Å². The zero-order valence-electron chi connectivity index (χ0n) is 38.4. The Morgan fingerprint density at radius 2 is 1.70 bits per heavy atom. The minimum Gasteiger partial charge on any atom is -0.480 e. The second-order valence-corrected chi connectivity index (χ2v) is 19.3. The van der Waals surface area contributed by atoms with E-state index in [0.717, 1.165) is 88.0 Å². The van der Waals surface area contributed by atoms with Crippen molar-refractivity contribution in [3.8, 4) is 22.4 Å². The predicted octanol–water partition coefficient (Wildman–Crippen LogP) is 6.96. The fourth-order valence-electron chi connectivity index (χ4n) is 9.08. The number of aliphatic hydroxyl groups excluding tert-OH is 1. The molecule has 2 unspecified atom stereocenters. The van der Waals surface area contributed by atoms with E-state index in [1.165, 1.54) is 17.9 Å². The van der Waals surface area contributed by atoms with Crippen LogP contribution in [-0.4, -0.2) is 118 Å². The van der Waals surface area contributed by atoms with Crippen LogP contribution >= 0.6 is 0 Å². The first kappa shape index (κ1) is 46.0. The molecule has 2 aromatic heterocycles. The lowest BCUT2D eigenvalue weighted by atomic mass is 9.84. The third-order valence-electron chi connectivity index (χ3n) is 12.6. The molecular weight excluding hydrogens is 799 g/mol. The molecule has 7 rings (SSSR count). The quantitative estimate of drug-likeness (QED) is 0.0978. The molecule has 63 heavy (non-hydrogen) atoms. The average Bonchev–Trinajstić information content (AvgIpc) is 4.08. The number of aryl methyl sites for hydroxylation is 1. The minimum absolute atomic E-state index is 0.0129. The van der Waals surface area contributed by atoms with Crippen LogP contribution in [0.25, 0.3) is 33.3 Å². The summed E-state index contributed by atoms with van der Waals surface area (Å²) in [6, 6.07) is 15.6. The molecule has 3 fully saturated rings. The third kappa shape index (κ3) is 10.7. The lowest BCUT2D eigenvalue weighted by Crippen LogP contribution is -2.60. The lowest BCUT2D eigenvalue weighted by Gasteiger charge is -2.36. The van der Waals surface area contributed by atoms with Crippen molar-refractivity contribution in [3.63, 3.8) is 0 Å². The first-order valence-corrected chi connectivity index (χ1v) is 22.7. The summed E-state index contributed by atoms with van der Waals surface area (Å²) in [5.41, 5.74) is 10.6. The number of amides is 2. The third-order valence-corrected chi connectivity index (χ3v) is 12.6. The van der Waals surface area contributed by atoms with Gasteiger partial charge >= 0.3 is 12.1 Å². The molecule has 1 aliphatic carbocycles. The molecule has 1 saturated carbocycles. The maximum absolute atomic E-state index is 14.0. The molecule has 14 heteroatoms. The van der Waals surface area contributed by atoms with Gasteiger partial charge in [-0.15, -0.1) is 0 Å². The van der Waals surface area contributed by atoms with Crippen molar-refractivity contribution < 1.29 is 34.1 Å². The SMILES string of the molecule is CCn1c(-c2cc(N3CCN(C4CC4)CC3)cnc2C(C)OC)c(CC(C)(C)CO)c2cc(-c3cccc(CC(NC(=O)OC(C)(C)C)C(=O)N4CCC[C@@H](C(=O)O)N4)c3)ccc21. The summed E-state index contributed by atoms with van der Waals surface area (Å²) in [7, 11) is 1.72. The number of hydrogen-bond donors (Lipinski definition) is 4. The summed E-state index contributed by atoms with van der Waals surface area (Å²) in [6.07, 6.45) is 5.29. The molecule has 2 aromatic carbocycles. The number of hydrazine groups is 1. The Balaban J connectivity index is 1.28. The number of ether oxygens (including phenoxy) is 2. The van der Waals surface area contributed by atoms with Crippen molar-refractivity contribution in [2.75, 3.05) is 51.3 Å². The number of carboxylic acids is 1. The van der Waals surface area contributed by atoms with Crippen molar-refractivity contribution in [2.45, 2.75) is 123 Å². The summed E-state index contributed by atoms with van der Waals surface area (Å²) >= 11 is 0. The monoisotopic (exact) mass is 866 g/mol. The van der Waals surface area contributed by atoms with E-state index in [0.29, 0.717) is 32.4 Å². The maximum Gasteiger partial charge on any atom is 0.408 e. The number of piperazine rings is 1. The molecule has 0 bridgehead atoms.